The standard InChI is InChI=1S/C50H35N3O/c1-32-28-39(26-27-42(32)36-15-6-3-7-16-36)41-30-44(47-43-18-10-11-19-45(43)54-46(47)31-41)50-52-48(37-23-20-35(21-24-37)33-12-4-2-5-13-33)51-49(53-50)40-25-22-34-14-8-9-17-38(34)29-40/h2-32,42H,1H3. The van der Waals surface area contributed by atoms with Crippen molar-refractivity contribution in [2.45, 2.75) is 12.8 Å². The fraction of sp³-hybridized carbons (Fsp3) is 0.0600. The molecule has 2 heterocycles. The summed E-state index contributed by atoms with van der Waals surface area (Å²) in [5.41, 5.74) is 10.2. The van der Waals surface area contributed by atoms with Gasteiger partial charge in [-0.15, -0.1) is 0 Å². The predicted molar refractivity (Wildman–Crippen MR) is 222 cm³/mol. The van der Waals surface area contributed by atoms with Gasteiger partial charge >= 0.3 is 0 Å². The van der Waals surface area contributed by atoms with Gasteiger partial charge in [0.2, 0.25) is 0 Å². The zero-order valence-corrected chi connectivity index (χ0v) is 29.7. The molecule has 4 nitrogen and oxygen atoms in total. The summed E-state index contributed by atoms with van der Waals surface area (Å²) < 4.78 is 6.57. The van der Waals surface area contributed by atoms with E-state index in [0.29, 0.717) is 29.3 Å². The van der Waals surface area contributed by atoms with E-state index in [-0.39, 0.29) is 0 Å². The van der Waals surface area contributed by atoms with E-state index in [9.17, 15) is 0 Å². The van der Waals surface area contributed by atoms with Gasteiger partial charge in [0, 0.05) is 33.4 Å². The maximum absolute atomic E-state index is 6.57. The van der Waals surface area contributed by atoms with Crippen molar-refractivity contribution in [3.05, 3.63) is 193 Å². The van der Waals surface area contributed by atoms with Crippen LogP contribution in [0.4, 0.5) is 0 Å². The molecular formula is C50H35N3O. The van der Waals surface area contributed by atoms with Crippen LogP contribution in [0.1, 0.15) is 24.0 Å². The fourth-order valence-corrected chi connectivity index (χ4v) is 7.83. The van der Waals surface area contributed by atoms with Crippen LogP contribution in [0.15, 0.2) is 186 Å². The van der Waals surface area contributed by atoms with Crippen LogP contribution in [0.5, 0.6) is 0 Å². The fourth-order valence-electron chi connectivity index (χ4n) is 7.83. The molecule has 54 heavy (non-hydrogen) atoms. The summed E-state index contributed by atoms with van der Waals surface area (Å²) in [6, 6.07) is 57.0. The highest BCUT2D eigenvalue weighted by Gasteiger charge is 2.23. The van der Waals surface area contributed by atoms with Crippen molar-refractivity contribution < 1.29 is 4.42 Å². The summed E-state index contributed by atoms with van der Waals surface area (Å²) in [6.07, 6.45) is 6.95. The van der Waals surface area contributed by atoms with Crippen molar-refractivity contribution in [3.63, 3.8) is 0 Å². The van der Waals surface area contributed by atoms with Crippen molar-refractivity contribution in [1.29, 1.82) is 0 Å². The first-order valence-electron chi connectivity index (χ1n) is 18.5. The number of hydrogen-bond acceptors (Lipinski definition) is 4. The second-order valence-electron chi connectivity index (χ2n) is 14.1. The lowest BCUT2D eigenvalue weighted by atomic mass is 9.81. The summed E-state index contributed by atoms with van der Waals surface area (Å²) in [5, 5.41) is 4.33. The van der Waals surface area contributed by atoms with E-state index in [1.165, 1.54) is 16.5 Å². The molecular weight excluding hydrogens is 659 g/mol. The Labute approximate surface area is 313 Å². The number of rotatable bonds is 6. The first kappa shape index (κ1) is 31.8. The molecule has 9 aromatic rings. The topological polar surface area (TPSA) is 51.8 Å². The minimum atomic E-state index is 0.310. The molecule has 2 aromatic heterocycles. The zero-order chi connectivity index (χ0) is 36.0. The Hall–Kier alpha value is -6.91. The summed E-state index contributed by atoms with van der Waals surface area (Å²) in [7, 11) is 0. The molecule has 10 rings (SSSR count). The van der Waals surface area contributed by atoms with Crippen molar-refractivity contribution in [1.82, 2.24) is 15.0 Å². The Morgan fingerprint density at radius 3 is 1.91 bits per heavy atom. The highest BCUT2D eigenvalue weighted by molar-refractivity contribution is 6.13. The van der Waals surface area contributed by atoms with Gasteiger partial charge in [0.15, 0.2) is 17.5 Å². The minimum Gasteiger partial charge on any atom is -0.456 e. The lowest BCUT2D eigenvalue weighted by Gasteiger charge is -2.24. The average Bonchev–Trinajstić information content (AvgIpc) is 3.62. The molecule has 4 heteroatoms. The van der Waals surface area contributed by atoms with Gasteiger partial charge in [0.25, 0.3) is 0 Å². The van der Waals surface area contributed by atoms with Crippen LogP contribution in [0.25, 0.3) is 83.6 Å². The number of nitrogens with zero attached hydrogens (tertiary/aromatic N) is 3. The molecule has 2 unspecified atom stereocenters. The SMILES string of the molecule is CC1C=C(c2cc(-c3nc(-c4ccc(-c5ccccc5)cc4)nc(-c4ccc5ccccc5c4)n3)c3c(c2)oc2ccccc23)C=CC1c1ccccc1. The number of allylic oxidation sites excluding steroid dienone is 4. The third-order valence-corrected chi connectivity index (χ3v) is 10.6. The highest BCUT2D eigenvalue weighted by Crippen LogP contribution is 2.41. The molecule has 2 atom stereocenters. The maximum atomic E-state index is 6.57. The average molecular weight is 694 g/mol. The molecule has 0 aliphatic heterocycles. The Bertz CT molecular complexity index is 2890. The third-order valence-electron chi connectivity index (χ3n) is 10.6. The van der Waals surface area contributed by atoms with E-state index in [1.54, 1.807) is 0 Å². The van der Waals surface area contributed by atoms with Crippen LogP contribution in [0.3, 0.4) is 0 Å². The number of aromatic nitrogens is 3. The highest BCUT2D eigenvalue weighted by atomic mass is 16.3. The van der Waals surface area contributed by atoms with Crippen LogP contribution >= 0.6 is 0 Å². The van der Waals surface area contributed by atoms with Crippen LogP contribution in [0, 0.1) is 5.92 Å². The molecule has 1 aliphatic carbocycles. The Balaban J connectivity index is 1.17. The molecule has 0 amide bonds. The number of benzene rings is 7. The largest absolute Gasteiger partial charge is 0.456 e. The van der Waals surface area contributed by atoms with Gasteiger partial charge in [-0.25, -0.2) is 15.0 Å². The van der Waals surface area contributed by atoms with Crippen molar-refractivity contribution in [2.24, 2.45) is 5.92 Å². The minimum absolute atomic E-state index is 0.310. The van der Waals surface area contributed by atoms with Crippen LogP contribution in [-0.2, 0) is 0 Å². The van der Waals surface area contributed by atoms with Gasteiger partial charge < -0.3 is 4.42 Å². The molecule has 0 spiro atoms. The summed E-state index contributed by atoms with van der Waals surface area (Å²) in [4.78, 5) is 15.6. The van der Waals surface area contributed by atoms with Gasteiger partial charge in [0.1, 0.15) is 11.2 Å². The Morgan fingerprint density at radius 2 is 1.11 bits per heavy atom. The molecule has 0 radical (unpaired) electrons. The molecule has 0 N–H and O–H groups in total. The predicted octanol–water partition coefficient (Wildman–Crippen LogP) is 13.0. The van der Waals surface area contributed by atoms with Crippen LogP contribution in [-0.4, -0.2) is 15.0 Å². The number of fused-ring (bicyclic) bond motifs is 4. The van der Waals surface area contributed by atoms with E-state index >= 15 is 0 Å². The molecule has 0 saturated heterocycles. The van der Waals surface area contributed by atoms with Gasteiger partial charge in [-0.05, 0) is 68.8 Å². The normalized spacial score (nSPS) is 15.5. The number of para-hydroxylation sites is 1. The van der Waals surface area contributed by atoms with Gasteiger partial charge in [0.05, 0.1) is 0 Å². The molecule has 7 aromatic carbocycles. The summed E-state index contributed by atoms with van der Waals surface area (Å²) in [6.45, 7) is 2.29. The number of furan rings is 1. The summed E-state index contributed by atoms with van der Waals surface area (Å²) in [5.74, 6) is 2.46. The zero-order valence-electron chi connectivity index (χ0n) is 29.7. The first-order chi connectivity index (χ1) is 26.6. The first-order valence-corrected chi connectivity index (χ1v) is 18.5. The van der Waals surface area contributed by atoms with Gasteiger partial charge in [-0.3, -0.25) is 0 Å². The third kappa shape index (κ3) is 5.79. The van der Waals surface area contributed by atoms with E-state index < -0.39 is 0 Å². The molecule has 0 saturated carbocycles. The van der Waals surface area contributed by atoms with Crippen LogP contribution < -0.4 is 0 Å². The Kier molecular flexibility index (Phi) is 7.80. The van der Waals surface area contributed by atoms with Crippen molar-refractivity contribution >= 4 is 38.3 Å². The van der Waals surface area contributed by atoms with Crippen molar-refractivity contribution in [2.75, 3.05) is 0 Å². The number of hydrogen-bond donors (Lipinski definition) is 0. The lowest BCUT2D eigenvalue weighted by Crippen LogP contribution is -2.09. The maximum Gasteiger partial charge on any atom is 0.164 e. The molecule has 1 aliphatic rings. The van der Waals surface area contributed by atoms with Gasteiger partial charge in [-0.1, -0.05) is 165 Å². The van der Waals surface area contributed by atoms with E-state index in [2.05, 4.69) is 171 Å². The monoisotopic (exact) mass is 693 g/mol. The van der Waals surface area contributed by atoms with E-state index in [4.69, 9.17) is 19.4 Å². The molecule has 256 valence electrons. The smallest absolute Gasteiger partial charge is 0.164 e. The van der Waals surface area contributed by atoms with Crippen molar-refractivity contribution in [3.8, 4) is 45.3 Å². The second-order valence-corrected chi connectivity index (χ2v) is 14.1. The van der Waals surface area contributed by atoms with Crippen LogP contribution in [0.2, 0.25) is 0 Å². The van der Waals surface area contributed by atoms with E-state index in [1.807, 2.05) is 18.2 Å². The van der Waals surface area contributed by atoms with E-state index in [0.717, 1.165) is 60.7 Å². The molecule has 0 fully saturated rings. The lowest BCUT2D eigenvalue weighted by molar-refractivity contribution is 0.637. The quantitative estimate of drug-likeness (QED) is 0.174. The second kappa shape index (κ2) is 13.3. The molecule has 0 bridgehead atoms. The van der Waals surface area contributed by atoms with Gasteiger partial charge in [-0.2, -0.15) is 0 Å². The Morgan fingerprint density at radius 1 is 0.481 bits per heavy atom. The summed E-state index contributed by atoms with van der Waals surface area (Å²) >= 11 is 0.